The number of fused-ring (bicyclic) bond motifs is 1. The van der Waals surface area contributed by atoms with Crippen LogP contribution >= 0.6 is 45.9 Å². The lowest BCUT2D eigenvalue weighted by Gasteiger charge is -2.05. The van der Waals surface area contributed by atoms with E-state index in [9.17, 15) is 13.2 Å². The van der Waals surface area contributed by atoms with Gasteiger partial charge in [0.1, 0.15) is 4.34 Å². The van der Waals surface area contributed by atoms with E-state index in [0.29, 0.717) is 27.0 Å². The molecule has 3 rings (SSSR count). The predicted octanol–water partition coefficient (Wildman–Crippen LogP) is 3.86. The van der Waals surface area contributed by atoms with E-state index < -0.39 is 15.7 Å². The van der Waals surface area contributed by atoms with Crippen molar-refractivity contribution in [3.8, 4) is 0 Å². The van der Waals surface area contributed by atoms with Crippen molar-refractivity contribution in [3.05, 3.63) is 43.3 Å². The number of sulfone groups is 1. The molecule has 0 aliphatic carbocycles. The number of benzene rings is 1. The molecule has 1 amide bonds. The van der Waals surface area contributed by atoms with Crippen LogP contribution in [0.2, 0.25) is 8.67 Å². The zero-order chi connectivity index (χ0) is 19.8. The number of amides is 1. The highest BCUT2D eigenvalue weighted by molar-refractivity contribution is 7.90. The smallest absolute Gasteiger partial charge is 0.282 e. The Morgan fingerprint density at radius 3 is 2.59 bits per heavy atom. The van der Waals surface area contributed by atoms with Crippen molar-refractivity contribution in [1.29, 1.82) is 0 Å². The van der Waals surface area contributed by atoms with Crippen LogP contribution in [0.3, 0.4) is 0 Å². The summed E-state index contributed by atoms with van der Waals surface area (Å²) >= 11 is 14.3. The molecule has 11 heteroatoms. The SMILES string of the molecule is COCCn1c(=NC(=O)c2cc(Cl)sc2Cl)sc2cc(S(C)(=O)=O)ccc21. The monoisotopic (exact) mass is 464 g/mol. The molecule has 0 bridgehead atoms. The van der Waals surface area contributed by atoms with Gasteiger partial charge in [-0.2, -0.15) is 4.99 Å². The van der Waals surface area contributed by atoms with Gasteiger partial charge in [-0.3, -0.25) is 4.79 Å². The Labute approximate surface area is 173 Å². The number of methoxy groups -OCH3 is 1. The van der Waals surface area contributed by atoms with Crippen molar-refractivity contribution in [2.45, 2.75) is 11.4 Å². The van der Waals surface area contributed by atoms with Crippen LogP contribution in [0.25, 0.3) is 10.2 Å². The average Bonchev–Trinajstić information content (AvgIpc) is 3.10. The summed E-state index contributed by atoms with van der Waals surface area (Å²) in [6, 6.07) is 6.30. The maximum absolute atomic E-state index is 12.5. The van der Waals surface area contributed by atoms with Crippen molar-refractivity contribution >= 4 is 71.8 Å². The summed E-state index contributed by atoms with van der Waals surface area (Å²) in [4.78, 5) is 17.4. The molecule has 0 aliphatic rings. The van der Waals surface area contributed by atoms with Crippen LogP contribution in [-0.4, -0.2) is 38.9 Å². The molecule has 3 aromatic rings. The van der Waals surface area contributed by atoms with Crippen molar-refractivity contribution < 1.29 is 17.9 Å². The van der Waals surface area contributed by atoms with E-state index in [1.165, 1.54) is 23.5 Å². The molecule has 0 saturated carbocycles. The van der Waals surface area contributed by atoms with Gasteiger partial charge in [0.15, 0.2) is 14.6 Å². The molecule has 0 saturated heterocycles. The zero-order valence-electron chi connectivity index (χ0n) is 14.2. The lowest BCUT2D eigenvalue weighted by atomic mass is 10.3. The summed E-state index contributed by atoms with van der Waals surface area (Å²) in [5.74, 6) is -0.510. The molecule has 0 aliphatic heterocycles. The molecule has 1 aromatic carbocycles. The highest BCUT2D eigenvalue weighted by atomic mass is 35.5. The molecule has 0 radical (unpaired) electrons. The maximum atomic E-state index is 12.5. The summed E-state index contributed by atoms with van der Waals surface area (Å²) < 4.78 is 32.0. The molecular weight excluding hydrogens is 451 g/mol. The van der Waals surface area contributed by atoms with E-state index in [2.05, 4.69) is 4.99 Å². The Kier molecular flexibility index (Phi) is 6.09. The van der Waals surface area contributed by atoms with E-state index in [1.54, 1.807) is 19.2 Å². The van der Waals surface area contributed by atoms with Crippen LogP contribution in [-0.2, 0) is 21.1 Å². The van der Waals surface area contributed by atoms with Gasteiger partial charge in [-0.25, -0.2) is 8.42 Å². The summed E-state index contributed by atoms with van der Waals surface area (Å²) in [7, 11) is -1.76. The Balaban J connectivity index is 2.17. The fourth-order valence-corrected chi connectivity index (χ4v) is 5.66. The standard InChI is InChI=1S/C16H14Cl2N2O4S3/c1-24-6-5-20-11-4-3-9(27(2,22)23)7-12(11)25-16(20)19-15(21)10-8-13(17)26-14(10)18/h3-4,7-8H,5-6H2,1-2H3. The molecular formula is C16H14Cl2N2O4S3. The number of thiazole rings is 1. The number of carbonyl (C=O) groups is 1. The highest BCUT2D eigenvalue weighted by Gasteiger charge is 2.16. The van der Waals surface area contributed by atoms with Gasteiger partial charge in [-0.1, -0.05) is 34.5 Å². The number of ether oxygens (including phenoxy) is 1. The lowest BCUT2D eigenvalue weighted by Crippen LogP contribution is -2.19. The van der Waals surface area contributed by atoms with Crippen LogP contribution in [0.5, 0.6) is 0 Å². The topological polar surface area (TPSA) is 77.7 Å². The molecule has 0 N–H and O–H groups in total. The quantitative estimate of drug-likeness (QED) is 0.573. The van der Waals surface area contributed by atoms with Gasteiger partial charge in [0, 0.05) is 19.9 Å². The number of hydrogen-bond donors (Lipinski definition) is 0. The molecule has 2 aromatic heterocycles. The van der Waals surface area contributed by atoms with Gasteiger partial charge in [0.2, 0.25) is 0 Å². The van der Waals surface area contributed by atoms with Crippen molar-refractivity contribution in [2.75, 3.05) is 20.0 Å². The average molecular weight is 465 g/mol. The Bertz CT molecular complexity index is 1190. The van der Waals surface area contributed by atoms with Crippen LogP contribution < -0.4 is 4.80 Å². The third-order valence-corrected chi connectivity index (χ3v) is 7.32. The number of nitrogens with zero attached hydrogens (tertiary/aromatic N) is 2. The number of carbonyl (C=O) groups excluding carboxylic acids is 1. The van der Waals surface area contributed by atoms with Gasteiger partial charge >= 0.3 is 0 Å². The van der Waals surface area contributed by atoms with Crippen LogP contribution in [0.1, 0.15) is 10.4 Å². The number of thiophene rings is 1. The van der Waals surface area contributed by atoms with Crippen molar-refractivity contribution in [3.63, 3.8) is 0 Å². The first-order chi connectivity index (χ1) is 12.7. The lowest BCUT2D eigenvalue weighted by molar-refractivity contribution is 0.0998. The first kappa shape index (κ1) is 20.5. The summed E-state index contributed by atoms with van der Waals surface area (Å²) in [6.45, 7) is 0.866. The predicted molar refractivity (Wildman–Crippen MR) is 109 cm³/mol. The number of aromatic nitrogens is 1. The fraction of sp³-hybridized carbons (Fsp3) is 0.250. The molecule has 144 valence electrons. The summed E-state index contributed by atoms with van der Waals surface area (Å²) in [5.41, 5.74) is 1.00. The number of hydrogen-bond acceptors (Lipinski definition) is 6. The van der Waals surface area contributed by atoms with Gasteiger partial charge in [-0.05, 0) is 24.3 Å². The second kappa shape index (κ2) is 8.02. The van der Waals surface area contributed by atoms with Crippen LogP contribution in [0, 0.1) is 0 Å². The Hall–Kier alpha value is -1.23. The van der Waals surface area contributed by atoms with E-state index in [1.807, 2.05) is 4.57 Å². The summed E-state index contributed by atoms with van der Waals surface area (Å²) in [5, 5.41) is 0. The molecule has 0 unspecified atom stereocenters. The second-order valence-corrected chi connectivity index (χ2v) is 10.9. The van der Waals surface area contributed by atoms with E-state index >= 15 is 0 Å². The normalized spacial score (nSPS) is 12.8. The summed E-state index contributed by atoms with van der Waals surface area (Å²) in [6.07, 6.45) is 1.15. The van der Waals surface area contributed by atoms with E-state index in [-0.39, 0.29) is 14.8 Å². The van der Waals surface area contributed by atoms with Crippen molar-refractivity contribution in [1.82, 2.24) is 4.57 Å². The molecule has 27 heavy (non-hydrogen) atoms. The molecule has 0 spiro atoms. The third kappa shape index (κ3) is 4.44. The minimum atomic E-state index is -3.34. The number of rotatable bonds is 5. The van der Waals surface area contributed by atoms with E-state index in [4.69, 9.17) is 27.9 Å². The van der Waals surface area contributed by atoms with Gasteiger partial charge in [0.05, 0.1) is 31.6 Å². The van der Waals surface area contributed by atoms with Gasteiger partial charge < -0.3 is 9.30 Å². The van der Waals surface area contributed by atoms with Crippen molar-refractivity contribution in [2.24, 2.45) is 4.99 Å². The van der Waals surface area contributed by atoms with E-state index in [0.717, 1.165) is 23.1 Å². The fourth-order valence-electron chi connectivity index (χ4n) is 2.40. The molecule has 0 atom stereocenters. The maximum Gasteiger partial charge on any atom is 0.282 e. The van der Waals surface area contributed by atoms with Gasteiger partial charge in [-0.15, -0.1) is 11.3 Å². The molecule has 2 heterocycles. The minimum absolute atomic E-state index is 0.209. The Morgan fingerprint density at radius 1 is 1.26 bits per heavy atom. The van der Waals surface area contributed by atoms with Crippen LogP contribution in [0.4, 0.5) is 0 Å². The first-order valence-corrected chi connectivity index (χ1v) is 11.8. The highest BCUT2D eigenvalue weighted by Crippen LogP contribution is 2.31. The largest absolute Gasteiger partial charge is 0.383 e. The second-order valence-electron chi connectivity index (χ2n) is 5.59. The first-order valence-electron chi connectivity index (χ1n) is 7.57. The van der Waals surface area contributed by atoms with Crippen LogP contribution in [0.15, 0.2) is 34.2 Å². The zero-order valence-corrected chi connectivity index (χ0v) is 18.2. The Morgan fingerprint density at radius 2 is 2.00 bits per heavy atom. The molecule has 0 fully saturated rings. The third-order valence-electron chi connectivity index (χ3n) is 3.69. The molecule has 6 nitrogen and oxygen atoms in total. The number of halogens is 2. The van der Waals surface area contributed by atoms with Gasteiger partial charge in [0.25, 0.3) is 5.91 Å². The minimum Gasteiger partial charge on any atom is -0.383 e.